The number of para-hydroxylation sites is 1. The third kappa shape index (κ3) is 4.67. The van der Waals surface area contributed by atoms with Crippen LogP contribution in [0, 0.1) is 0 Å². The molecule has 0 aliphatic carbocycles. The lowest BCUT2D eigenvalue weighted by Crippen LogP contribution is -2.37. The van der Waals surface area contributed by atoms with Crippen molar-refractivity contribution in [3.8, 4) is 17.2 Å². The van der Waals surface area contributed by atoms with E-state index in [9.17, 15) is 9.59 Å². The zero-order chi connectivity index (χ0) is 21.5. The summed E-state index contributed by atoms with van der Waals surface area (Å²) >= 11 is 0. The van der Waals surface area contributed by atoms with E-state index in [4.69, 9.17) is 14.2 Å². The van der Waals surface area contributed by atoms with E-state index in [1.807, 2.05) is 19.1 Å². The number of rotatable bonds is 6. The van der Waals surface area contributed by atoms with Crippen molar-refractivity contribution in [2.75, 3.05) is 47.0 Å². The molecule has 1 fully saturated rings. The Balaban J connectivity index is 1.70. The Bertz CT molecular complexity index is 899. The number of amides is 2. The van der Waals surface area contributed by atoms with E-state index >= 15 is 0 Å². The fourth-order valence-electron chi connectivity index (χ4n) is 3.57. The highest BCUT2D eigenvalue weighted by Gasteiger charge is 2.25. The maximum Gasteiger partial charge on any atom is 0.257 e. The molecule has 2 aromatic rings. The molecule has 0 N–H and O–H groups in total. The summed E-state index contributed by atoms with van der Waals surface area (Å²) < 4.78 is 16.2. The molecule has 7 nitrogen and oxygen atoms in total. The molecule has 0 spiro atoms. The highest BCUT2D eigenvalue weighted by Crippen LogP contribution is 2.29. The second-order valence-electron chi connectivity index (χ2n) is 6.94. The molecule has 1 heterocycles. The standard InChI is InChI=1S/C23H28N2O5/c1-4-30-20-11-10-17(16-21(20)29-3)22(26)24-12-7-13-25(15-14-24)23(27)18-8-5-6-9-19(18)28-2/h5-6,8-11,16H,4,7,12-15H2,1-3H3. The van der Waals surface area contributed by atoms with Gasteiger partial charge < -0.3 is 24.0 Å². The number of nitrogens with zero attached hydrogens (tertiary/aromatic N) is 2. The van der Waals surface area contributed by atoms with Crippen LogP contribution in [0.5, 0.6) is 17.2 Å². The van der Waals surface area contributed by atoms with Crippen LogP contribution in [0.3, 0.4) is 0 Å². The number of hydrogen-bond donors (Lipinski definition) is 0. The highest BCUT2D eigenvalue weighted by atomic mass is 16.5. The Labute approximate surface area is 177 Å². The van der Waals surface area contributed by atoms with Crippen LogP contribution in [-0.4, -0.2) is 68.6 Å². The second-order valence-corrected chi connectivity index (χ2v) is 6.94. The number of methoxy groups -OCH3 is 2. The predicted molar refractivity (Wildman–Crippen MR) is 114 cm³/mol. The summed E-state index contributed by atoms with van der Waals surface area (Å²) in [6.45, 7) is 4.53. The molecule has 0 unspecified atom stereocenters. The number of carbonyl (C=O) groups is 2. The molecule has 1 saturated heterocycles. The van der Waals surface area contributed by atoms with Gasteiger partial charge >= 0.3 is 0 Å². The molecule has 0 radical (unpaired) electrons. The van der Waals surface area contributed by atoms with E-state index in [1.54, 1.807) is 54.4 Å². The van der Waals surface area contributed by atoms with Crippen molar-refractivity contribution >= 4 is 11.8 Å². The van der Waals surface area contributed by atoms with Crippen LogP contribution in [0.25, 0.3) is 0 Å². The van der Waals surface area contributed by atoms with Crippen molar-refractivity contribution in [1.82, 2.24) is 9.80 Å². The molecule has 1 aliphatic rings. The predicted octanol–water partition coefficient (Wildman–Crippen LogP) is 3.09. The Morgan fingerprint density at radius 3 is 2.17 bits per heavy atom. The lowest BCUT2D eigenvalue weighted by atomic mass is 10.1. The molecule has 0 aromatic heterocycles. The van der Waals surface area contributed by atoms with E-state index in [2.05, 4.69) is 0 Å². The second kappa shape index (κ2) is 10.0. The van der Waals surface area contributed by atoms with Gasteiger partial charge in [0.15, 0.2) is 11.5 Å². The minimum Gasteiger partial charge on any atom is -0.496 e. The Morgan fingerprint density at radius 1 is 0.833 bits per heavy atom. The molecule has 3 rings (SSSR count). The van der Waals surface area contributed by atoms with Gasteiger partial charge in [0.05, 0.1) is 26.4 Å². The maximum atomic E-state index is 13.0. The van der Waals surface area contributed by atoms with E-state index in [-0.39, 0.29) is 11.8 Å². The molecule has 160 valence electrons. The van der Waals surface area contributed by atoms with Crippen LogP contribution in [0.1, 0.15) is 34.1 Å². The van der Waals surface area contributed by atoms with Crippen molar-refractivity contribution in [1.29, 1.82) is 0 Å². The fraction of sp³-hybridized carbons (Fsp3) is 0.391. The van der Waals surface area contributed by atoms with Gasteiger partial charge in [-0.1, -0.05) is 12.1 Å². The molecule has 0 saturated carbocycles. The number of hydrogen-bond acceptors (Lipinski definition) is 5. The van der Waals surface area contributed by atoms with Crippen LogP contribution in [-0.2, 0) is 0 Å². The first kappa shape index (κ1) is 21.5. The number of benzene rings is 2. The van der Waals surface area contributed by atoms with Crippen molar-refractivity contribution in [2.45, 2.75) is 13.3 Å². The summed E-state index contributed by atoms with van der Waals surface area (Å²) in [5.74, 6) is 1.54. The van der Waals surface area contributed by atoms with E-state index in [1.165, 1.54) is 0 Å². The molecular formula is C23H28N2O5. The SMILES string of the molecule is CCOc1ccc(C(=O)N2CCCN(C(=O)c3ccccc3OC)CC2)cc1OC. The van der Waals surface area contributed by atoms with Gasteiger partial charge in [0.2, 0.25) is 0 Å². The maximum absolute atomic E-state index is 13.0. The van der Waals surface area contributed by atoms with Gasteiger partial charge in [-0.15, -0.1) is 0 Å². The van der Waals surface area contributed by atoms with Crippen molar-refractivity contribution < 1.29 is 23.8 Å². The highest BCUT2D eigenvalue weighted by molar-refractivity contribution is 5.97. The topological polar surface area (TPSA) is 68.3 Å². The first-order chi connectivity index (χ1) is 14.6. The van der Waals surface area contributed by atoms with Crippen molar-refractivity contribution in [2.24, 2.45) is 0 Å². The monoisotopic (exact) mass is 412 g/mol. The van der Waals surface area contributed by atoms with E-state index in [0.717, 1.165) is 0 Å². The first-order valence-corrected chi connectivity index (χ1v) is 10.1. The van der Waals surface area contributed by atoms with Crippen molar-refractivity contribution in [3.05, 3.63) is 53.6 Å². The van der Waals surface area contributed by atoms with Gasteiger partial charge in [0.25, 0.3) is 11.8 Å². The Kier molecular flexibility index (Phi) is 7.17. The van der Waals surface area contributed by atoms with Gasteiger partial charge in [-0.25, -0.2) is 0 Å². The lowest BCUT2D eigenvalue weighted by molar-refractivity contribution is 0.0716. The molecule has 1 aliphatic heterocycles. The largest absolute Gasteiger partial charge is 0.496 e. The molecule has 2 amide bonds. The van der Waals surface area contributed by atoms with Crippen molar-refractivity contribution in [3.63, 3.8) is 0 Å². The normalized spacial score (nSPS) is 14.1. The summed E-state index contributed by atoms with van der Waals surface area (Å²) in [5, 5.41) is 0. The molecule has 30 heavy (non-hydrogen) atoms. The summed E-state index contributed by atoms with van der Waals surface area (Å²) in [6.07, 6.45) is 0.709. The third-order valence-corrected chi connectivity index (χ3v) is 5.12. The summed E-state index contributed by atoms with van der Waals surface area (Å²) in [7, 11) is 3.11. The smallest absolute Gasteiger partial charge is 0.257 e. The zero-order valence-electron chi connectivity index (χ0n) is 17.7. The van der Waals surface area contributed by atoms with E-state index < -0.39 is 0 Å². The molecule has 7 heteroatoms. The fourth-order valence-corrected chi connectivity index (χ4v) is 3.57. The van der Waals surface area contributed by atoms with Crippen LogP contribution >= 0.6 is 0 Å². The van der Waals surface area contributed by atoms with Gasteiger partial charge in [-0.05, 0) is 43.7 Å². The minimum absolute atomic E-state index is 0.0792. The Morgan fingerprint density at radius 2 is 1.50 bits per heavy atom. The average Bonchev–Trinajstić information content (AvgIpc) is 3.05. The molecule has 0 atom stereocenters. The number of ether oxygens (including phenoxy) is 3. The lowest BCUT2D eigenvalue weighted by Gasteiger charge is -2.23. The molecule has 2 aromatic carbocycles. The van der Waals surface area contributed by atoms with Crippen LogP contribution in [0.2, 0.25) is 0 Å². The third-order valence-electron chi connectivity index (χ3n) is 5.12. The van der Waals surface area contributed by atoms with Crippen LogP contribution in [0.4, 0.5) is 0 Å². The number of carbonyl (C=O) groups excluding carboxylic acids is 2. The van der Waals surface area contributed by atoms with Gasteiger partial charge in [0.1, 0.15) is 5.75 Å². The zero-order valence-corrected chi connectivity index (χ0v) is 17.7. The summed E-state index contributed by atoms with van der Waals surface area (Å²) in [4.78, 5) is 29.6. The summed E-state index contributed by atoms with van der Waals surface area (Å²) in [6, 6.07) is 12.4. The van der Waals surface area contributed by atoms with Crippen LogP contribution < -0.4 is 14.2 Å². The first-order valence-electron chi connectivity index (χ1n) is 10.1. The molecular weight excluding hydrogens is 384 g/mol. The molecule has 0 bridgehead atoms. The summed E-state index contributed by atoms with van der Waals surface area (Å²) in [5.41, 5.74) is 1.08. The van der Waals surface area contributed by atoms with Crippen LogP contribution in [0.15, 0.2) is 42.5 Å². The average molecular weight is 412 g/mol. The van der Waals surface area contributed by atoms with Gasteiger partial charge in [-0.2, -0.15) is 0 Å². The van der Waals surface area contributed by atoms with Gasteiger partial charge in [-0.3, -0.25) is 9.59 Å². The Hall–Kier alpha value is -3.22. The quantitative estimate of drug-likeness (QED) is 0.729. The van der Waals surface area contributed by atoms with Gasteiger partial charge in [0, 0.05) is 31.7 Å². The van der Waals surface area contributed by atoms with E-state index in [0.29, 0.717) is 67.6 Å². The minimum atomic E-state index is -0.0806.